The van der Waals surface area contributed by atoms with Gasteiger partial charge in [-0.05, 0) is 41.8 Å². The van der Waals surface area contributed by atoms with Gasteiger partial charge in [0.2, 0.25) is 0 Å². The van der Waals surface area contributed by atoms with Crippen LogP contribution >= 0.6 is 15.9 Å². The topological polar surface area (TPSA) is 60.4 Å². The normalized spacial score (nSPS) is 14.7. The monoisotopic (exact) mass is 442 g/mol. The third kappa shape index (κ3) is 3.31. The summed E-state index contributed by atoms with van der Waals surface area (Å²) >= 11 is 3.37. The molecule has 0 atom stereocenters. The Hall–Kier alpha value is -2.06. The van der Waals surface area contributed by atoms with Crippen molar-refractivity contribution in [3.05, 3.63) is 63.1 Å². The van der Waals surface area contributed by atoms with Gasteiger partial charge >= 0.3 is 5.97 Å². The van der Waals surface area contributed by atoms with E-state index in [0.717, 1.165) is 28.4 Å². The molecule has 8 heteroatoms. The number of halogens is 3. The number of esters is 1. The molecule has 26 heavy (non-hydrogen) atoms. The molecule has 0 fully saturated rings. The van der Waals surface area contributed by atoms with Gasteiger partial charge in [0, 0.05) is 16.3 Å². The first kappa shape index (κ1) is 18.7. The number of cyclic esters (lactones) is 1. The number of carbonyl (C=O) groups excluding carboxylic acids is 1. The first-order valence-electron chi connectivity index (χ1n) is 7.46. The van der Waals surface area contributed by atoms with Crippen LogP contribution in [0.3, 0.4) is 0 Å². The van der Waals surface area contributed by atoms with Gasteiger partial charge in [-0.2, -0.15) is 0 Å². The van der Waals surface area contributed by atoms with E-state index in [1.165, 1.54) is 0 Å². The number of sulfone groups is 1. The van der Waals surface area contributed by atoms with E-state index in [1.54, 1.807) is 18.2 Å². The highest BCUT2D eigenvalue weighted by atomic mass is 79.9. The van der Waals surface area contributed by atoms with Crippen LogP contribution in [-0.2, 0) is 19.4 Å². The SMILES string of the molecule is Cc1cc(C2=C(c3cc(F)c(S(C)(=O)=O)c(F)c3)COC2=O)ccc1Br. The molecule has 2 aromatic rings. The van der Waals surface area contributed by atoms with Crippen molar-refractivity contribution in [1.29, 1.82) is 0 Å². The first-order valence-corrected chi connectivity index (χ1v) is 10.1. The summed E-state index contributed by atoms with van der Waals surface area (Å²) in [7, 11) is -4.06. The first-order chi connectivity index (χ1) is 12.1. The van der Waals surface area contributed by atoms with Crippen molar-refractivity contribution >= 4 is 42.9 Å². The average molecular weight is 443 g/mol. The van der Waals surface area contributed by atoms with Gasteiger partial charge in [0.15, 0.2) is 9.84 Å². The molecule has 0 amide bonds. The van der Waals surface area contributed by atoms with Gasteiger partial charge < -0.3 is 4.74 Å². The highest BCUT2D eigenvalue weighted by Gasteiger charge is 2.29. The van der Waals surface area contributed by atoms with Crippen LogP contribution in [0.5, 0.6) is 0 Å². The highest BCUT2D eigenvalue weighted by molar-refractivity contribution is 9.10. The van der Waals surface area contributed by atoms with Crippen molar-refractivity contribution < 1.29 is 26.7 Å². The molecule has 1 aliphatic heterocycles. The van der Waals surface area contributed by atoms with Crippen molar-refractivity contribution in [1.82, 2.24) is 0 Å². The standard InChI is InChI=1S/C18H13BrF2O4S/c1-9-5-10(3-4-13(9)19)16-12(8-25-18(16)22)11-6-14(20)17(15(21)7-11)26(2,23)24/h3-7H,8H2,1-2H3. The molecular weight excluding hydrogens is 430 g/mol. The molecule has 1 aliphatic rings. The largest absolute Gasteiger partial charge is 0.457 e. The number of benzene rings is 2. The minimum Gasteiger partial charge on any atom is -0.457 e. The van der Waals surface area contributed by atoms with Crippen molar-refractivity contribution in [2.75, 3.05) is 12.9 Å². The molecule has 0 unspecified atom stereocenters. The van der Waals surface area contributed by atoms with E-state index in [1.807, 2.05) is 6.92 Å². The maximum absolute atomic E-state index is 14.2. The number of hydrogen-bond donors (Lipinski definition) is 0. The maximum atomic E-state index is 14.2. The van der Waals surface area contributed by atoms with E-state index in [9.17, 15) is 22.0 Å². The van der Waals surface area contributed by atoms with Crippen molar-refractivity contribution in [3.8, 4) is 0 Å². The lowest BCUT2D eigenvalue weighted by molar-refractivity contribution is -0.133. The molecule has 0 bridgehead atoms. The van der Waals surface area contributed by atoms with Crippen molar-refractivity contribution in [3.63, 3.8) is 0 Å². The van der Waals surface area contributed by atoms with Crippen LogP contribution in [0.1, 0.15) is 16.7 Å². The minimum absolute atomic E-state index is 0.0637. The van der Waals surface area contributed by atoms with Crippen LogP contribution in [-0.4, -0.2) is 27.2 Å². The Bertz CT molecular complexity index is 1050. The number of hydrogen-bond acceptors (Lipinski definition) is 4. The van der Waals surface area contributed by atoms with Gasteiger partial charge in [0.1, 0.15) is 23.1 Å². The summed E-state index contributed by atoms with van der Waals surface area (Å²) < 4.78 is 57.4. The van der Waals surface area contributed by atoms with E-state index in [4.69, 9.17) is 4.74 Å². The quantitative estimate of drug-likeness (QED) is 0.676. The molecule has 4 nitrogen and oxygen atoms in total. The fourth-order valence-electron chi connectivity index (χ4n) is 2.81. The molecule has 136 valence electrons. The Balaban J connectivity index is 2.22. The second kappa shape index (κ2) is 6.59. The van der Waals surface area contributed by atoms with Crippen LogP contribution in [0.25, 0.3) is 11.1 Å². The zero-order valence-corrected chi connectivity index (χ0v) is 16.2. The van der Waals surface area contributed by atoms with Gasteiger partial charge in [-0.15, -0.1) is 0 Å². The second-order valence-electron chi connectivity index (χ2n) is 5.93. The lowest BCUT2D eigenvalue weighted by atomic mass is 9.95. The van der Waals surface area contributed by atoms with Gasteiger partial charge in [0.05, 0.1) is 5.57 Å². The summed E-state index contributed by atoms with van der Waals surface area (Å²) in [5.41, 5.74) is 1.99. The van der Waals surface area contributed by atoms with Crippen molar-refractivity contribution in [2.24, 2.45) is 0 Å². The predicted molar refractivity (Wildman–Crippen MR) is 96.1 cm³/mol. The minimum atomic E-state index is -4.06. The molecule has 0 N–H and O–H groups in total. The lowest BCUT2D eigenvalue weighted by Gasteiger charge is -2.09. The van der Waals surface area contributed by atoms with Crippen LogP contribution in [0.2, 0.25) is 0 Å². The Morgan fingerprint density at radius 1 is 1.08 bits per heavy atom. The third-order valence-electron chi connectivity index (χ3n) is 4.02. The van der Waals surface area contributed by atoms with Gasteiger partial charge in [-0.1, -0.05) is 28.1 Å². The van der Waals surface area contributed by atoms with E-state index in [0.29, 0.717) is 11.1 Å². The zero-order valence-electron chi connectivity index (χ0n) is 13.8. The maximum Gasteiger partial charge on any atom is 0.339 e. The molecule has 0 radical (unpaired) electrons. The lowest BCUT2D eigenvalue weighted by Crippen LogP contribution is -2.06. The summed E-state index contributed by atoms with van der Waals surface area (Å²) in [5.74, 6) is -3.02. The van der Waals surface area contributed by atoms with E-state index in [2.05, 4.69) is 15.9 Å². The summed E-state index contributed by atoms with van der Waals surface area (Å²) in [4.78, 5) is 11.2. The molecular formula is C18H13BrF2O4S. The van der Waals surface area contributed by atoms with Gasteiger partial charge in [-0.3, -0.25) is 0 Å². The van der Waals surface area contributed by atoms with Crippen LogP contribution in [0, 0.1) is 18.6 Å². The average Bonchev–Trinajstić information content (AvgIpc) is 2.89. The highest BCUT2D eigenvalue weighted by Crippen LogP contribution is 2.35. The van der Waals surface area contributed by atoms with E-state index in [-0.39, 0.29) is 17.7 Å². The summed E-state index contributed by atoms with van der Waals surface area (Å²) in [6.07, 6.45) is 0.728. The van der Waals surface area contributed by atoms with Crippen LogP contribution in [0.15, 0.2) is 39.7 Å². The predicted octanol–water partition coefficient (Wildman–Crippen LogP) is 3.91. The molecule has 0 aromatic heterocycles. The number of ether oxygens (including phenoxy) is 1. The number of carbonyl (C=O) groups is 1. The van der Waals surface area contributed by atoms with Crippen molar-refractivity contribution in [2.45, 2.75) is 11.8 Å². The zero-order chi connectivity index (χ0) is 19.2. The Labute approximate surface area is 157 Å². The molecule has 0 saturated carbocycles. The molecule has 0 spiro atoms. The fourth-order valence-corrected chi connectivity index (χ4v) is 3.89. The molecule has 0 aliphatic carbocycles. The fraction of sp³-hybridized carbons (Fsp3) is 0.167. The molecule has 3 rings (SSSR count). The second-order valence-corrected chi connectivity index (χ2v) is 8.74. The molecule has 1 heterocycles. The molecule has 2 aromatic carbocycles. The van der Waals surface area contributed by atoms with Crippen LogP contribution in [0.4, 0.5) is 8.78 Å². The third-order valence-corrected chi connectivity index (χ3v) is 6.04. The number of rotatable bonds is 3. The smallest absolute Gasteiger partial charge is 0.339 e. The molecule has 0 saturated heterocycles. The van der Waals surface area contributed by atoms with Gasteiger partial charge in [0.25, 0.3) is 0 Å². The Morgan fingerprint density at radius 3 is 2.23 bits per heavy atom. The summed E-state index contributed by atoms with van der Waals surface area (Å²) in [6, 6.07) is 7.01. The number of aryl methyl sites for hydroxylation is 1. The summed E-state index contributed by atoms with van der Waals surface area (Å²) in [5, 5.41) is 0. The van der Waals surface area contributed by atoms with E-state index < -0.39 is 32.3 Å². The Morgan fingerprint density at radius 2 is 1.69 bits per heavy atom. The van der Waals surface area contributed by atoms with E-state index >= 15 is 0 Å². The Kier molecular flexibility index (Phi) is 4.74. The van der Waals surface area contributed by atoms with Crippen LogP contribution < -0.4 is 0 Å². The summed E-state index contributed by atoms with van der Waals surface area (Å²) in [6.45, 7) is 1.69. The van der Waals surface area contributed by atoms with Gasteiger partial charge in [-0.25, -0.2) is 22.0 Å².